The Labute approximate surface area is 55.1 Å². The van der Waals surface area contributed by atoms with Crippen molar-refractivity contribution in [1.82, 2.24) is 5.06 Å². The Kier molecular flexibility index (Phi) is 1.90. The van der Waals surface area contributed by atoms with Gasteiger partial charge in [-0.3, -0.25) is 10.3 Å². The fourth-order valence-corrected chi connectivity index (χ4v) is 0.756. The maximum absolute atomic E-state index is 9.04. The van der Waals surface area contributed by atoms with Gasteiger partial charge in [0, 0.05) is 5.70 Å². The molecule has 0 aromatic heterocycles. The molecule has 1 heterocycles. The summed E-state index contributed by atoms with van der Waals surface area (Å²) in [6.07, 6.45) is 6.31. The molecule has 1 aliphatic rings. The molecule has 0 aromatic carbocycles. The molecule has 0 spiro atoms. The van der Waals surface area contributed by atoms with Gasteiger partial charge in [-0.25, -0.2) is 0 Å². The average molecular weight is 124 g/mol. The number of hydrogen-bond acceptors (Lipinski definition) is 2. The Bertz CT molecular complexity index is 149. The predicted octanol–water partition coefficient (Wildman–Crippen LogP) is 1.36. The first-order valence-corrected chi connectivity index (χ1v) is 2.96. The third-order valence-electron chi connectivity index (χ3n) is 1.29. The van der Waals surface area contributed by atoms with Gasteiger partial charge in [0.15, 0.2) is 0 Å². The molecule has 0 amide bonds. The number of hydrogen-bond donors (Lipinski definition) is 1. The van der Waals surface area contributed by atoms with Crippen molar-refractivity contribution in [2.45, 2.75) is 6.42 Å². The lowest BCUT2D eigenvalue weighted by Gasteiger charge is -2.19. The summed E-state index contributed by atoms with van der Waals surface area (Å²) < 4.78 is 0. The molecule has 1 radical (unpaired) electrons. The summed E-state index contributed by atoms with van der Waals surface area (Å²) in [5.41, 5.74) is 0.873. The van der Waals surface area contributed by atoms with E-state index in [1.807, 2.05) is 18.2 Å². The van der Waals surface area contributed by atoms with Crippen molar-refractivity contribution in [3.8, 4) is 0 Å². The molecule has 1 N–H and O–H groups in total. The van der Waals surface area contributed by atoms with Gasteiger partial charge in [-0.1, -0.05) is 12.2 Å². The lowest BCUT2D eigenvalue weighted by Crippen LogP contribution is -2.19. The van der Waals surface area contributed by atoms with Crippen LogP contribution in [0.1, 0.15) is 6.42 Å². The third-order valence-corrected chi connectivity index (χ3v) is 1.29. The van der Waals surface area contributed by atoms with E-state index in [0.717, 1.165) is 5.70 Å². The average Bonchev–Trinajstić information content (AvgIpc) is 1.89. The van der Waals surface area contributed by atoms with Gasteiger partial charge in [0.1, 0.15) is 0 Å². The van der Waals surface area contributed by atoms with Crippen molar-refractivity contribution in [2.24, 2.45) is 0 Å². The van der Waals surface area contributed by atoms with E-state index in [2.05, 4.69) is 6.92 Å². The third kappa shape index (κ3) is 1.33. The molecule has 0 saturated heterocycles. The molecule has 1 aliphatic heterocycles. The lowest BCUT2D eigenvalue weighted by atomic mass is 10.2. The van der Waals surface area contributed by atoms with Crippen LogP contribution in [0.3, 0.4) is 0 Å². The second-order valence-corrected chi connectivity index (χ2v) is 1.92. The minimum Gasteiger partial charge on any atom is -0.288 e. The van der Waals surface area contributed by atoms with E-state index in [0.29, 0.717) is 13.0 Å². The van der Waals surface area contributed by atoms with Gasteiger partial charge < -0.3 is 0 Å². The molecule has 0 bridgehead atoms. The Morgan fingerprint density at radius 2 is 2.56 bits per heavy atom. The summed E-state index contributed by atoms with van der Waals surface area (Å²) in [6.45, 7) is 4.24. The summed E-state index contributed by atoms with van der Waals surface area (Å²) in [5.74, 6) is 0. The minimum absolute atomic E-state index is 0.585. The van der Waals surface area contributed by atoms with Crippen LogP contribution in [0.4, 0.5) is 0 Å². The van der Waals surface area contributed by atoms with Crippen LogP contribution < -0.4 is 0 Å². The Balaban J connectivity index is 2.63. The van der Waals surface area contributed by atoms with E-state index in [9.17, 15) is 0 Å². The van der Waals surface area contributed by atoms with Gasteiger partial charge in [-0.2, -0.15) is 0 Å². The van der Waals surface area contributed by atoms with Crippen LogP contribution in [-0.2, 0) is 0 Å². The molecule has 0 fully saturated rings. The van der Waals surface area contributed by atoms with E-state index in [-0.39, 0.29) is 0 Å². The van der Waals surface area contributed by atoms with Crippen molar-refractivity contribution in [1.29, 1.82) is 0 Å². The minimum atomic E-state index is 0.585. The molecular formula is C7H10NO. The summed E-state index contributed by atoms with van der Waals surface area (Å²) >= 11 is 0. The SMILES string of the molecule is [CH2]CC1=CC=CCN1O. The van der Waals surface area contributed by atoms with E-state index >= 15 is 0 Å². The van der Waals surface area contributed by atoms with Crippen LogP contribution in [0.25, 0.3) is 0 Å². The molecule has 49 valence electrons. The number of hydroxylamine groups is 2. The molecular weight excluding hydrogens is 114 g/mol. The smallest absolute Gasteiger partial charge is 0.0633 e. The van der Waals surface area contributed by atoms with E-state index in [1.54, 1.807) is 0 Å². The number of allylic oxidation sites excluding steroid dienone is 3. The van der Waals surface area contributed by atoms with Crippen molar-refractivity contribution in [3.05, 3.63) is 30.8 Å². The summed E-state index contributed by atoms with van der Waals surface area (Å²) in [4.78, 5) is 0. The van der Waals surface area contributed by atoms with Crippen molar-refractivity contribution in [2.75, 3.05) is 6.54 Å². The summed E-state index contributed by atoms with van der Waals surface area (Å²) in [5, 5.41) is 10.2. The Hall–Kier alpha value is -0.760. The van der Waals surface area contributed by atoms with Gasteiger partial charge in [-0.15, -0.1) is 0 Å². The molecule has 9 heavy (non-hydrogen) atoms. The molecule has 0 unspecified atom stereocenters. The zero-order valence-corrected chi connectivity index (χ0v) is 5.25. The molecule has 0 aliphatic carbocycles. The van der Waals surface area contributed by atoms with Gasteiger partial charge >= 0.3 is 0 Å². The number of rotatable bonds is 1. The lowest BCUT2D eigenvalue weighted by molar-refractivity contribution is -0.0472. The maximum atomic E-state index is 9.04. The monoisotopic (exact) mass is 124 g/mol. The van der Waals surface area contributed by atoms with Crippen LogP contribution >= 0.6 is 0 Å². The normalized spacial score (nSPS) is 18.0. The van der Waals surface area contributed by atoms with Gasteiger partial charge in [-0.05, 0) is 19.4 Å². The van der Waals surface area contributed by atoms with Crippen molar-refractivity contribution >= 4 is 0 Å². The largest absolute Gasteiger partial charge is 0.288 e. The van der Waals surface area contributed by atoms with Gasteiger partial charge in [0.05, 0.1) is 6.54 Å². The van der Waals surface area contributed by atoms with E-state index in [4.69, 9.17) is 5.21 Å². The van der Waals surface area contributed by atoms with Crippen molar-refractivity contribution in [3.63, 3.8) is 0 Å². The van der Waals surface area contributed by atoms with Crippen LogP contribution in [0.2, 0.25) is 0 Å². The van der Waals surface area contributed by atoms with Crippen LogP contribution in [0, 0.1) is 6.92 Å². The highest BCUT2D eigenvalue weighted by molar-refractivity contribution is 5.16. The Morgan fingerprint density at radius 3 is 3.00 bits per heavy atom. The standard InChI is InChI=1S/C7H10NO/c1-2-7-5-3-4-6-8(7)9/h3-5,9H,1-2,6H2. The van der Waals surface area contributed by atoms with Crippen LogP contribution in [0.15, 0.2) is 23.9 Å². The first-order chi connectivity index (χ1) is 4.34. The second-order valence-electron chi connectivity index (χ2n) is 1.92. The highest BCUT2D eigenvalue weighted by Crippen LogP contribution is 2.08. The zero-order chi connectivity index (χ0) is 6.69. The highest BCUT2D eigenvalue weighted by atomic mass is 16.5. The molecule has 0 saturated carbocycles. The van der Waals surface area contributed by atoms with Gasteiger partial charge in [0.2, 0.25) is 0 Å². The molecule has 0 aromatic rings. The van der Waals surface area contributed by atoms with Crippen molar-refractivity contribution < 1.29 is 5.21 Å². The molecule has 2 heteroatoms. The maximum Gasteiger partial charge on any atom is 0.0633 e. The predicted molar refractivity (Wildman–Crippen MR) is 35.7 cm³/mol. The van der Waals surface area contributed by atoms with Gasteiger partial charge in [0.25, 0.3) is 0 Å². The highest BCUT2D eigenvalue weighted by Gasteiger charge is 2.03. The first kappa shape index (κ1) is 6.36. The van der Waals surface area contributed by atoms with E-state index < -0.39 is 0 Å². The topological polar surface area (TPSA) is 23.5 Å². The summed E-state index contributed by atoms with van der Waals surface area (Å²) in [7, 11) is 0. The fraction of sp³-hybridized carbons (Fsp3) is 0.286. The zero-order valence-electron chi connectivity index (χ0n) is 5.25. The first-order valence-electron chi connectivity index (χ1n) is 2.96. The molecule has 0 atom stereocenters. The van der Waals surface area contributed by atoms with Crippen LogP contribution in [-0.4, -0.2) is 16.8 Å². The van der Waals surface area contributed by atoms with E-state index in [1.165, 1.54) is 5.06 Å². The molecule has 2 nitrogen and oxygen atoms in total. The second kappa shape index (κ2) is 2.69. The molecule has 1 rings (SSSR count). The van der Waals surface area contributed by atoms with Crippen LogP contribution in [0.5, 0.6) is 0 Å². The fourth-order valence-electron chi connectivity index (χ4n) is 0.756. The quantitative estimate of drug-likeness (QED) is 0.570. The Morgan fingerprint density at radius 1 is 1.78 bits per heavy atom. The number of nitrogens with zero attached hydrogens (tertiary/aromatic N) is 1. The summed E-state index contributed by atoms with van der Waals surface area (Å²) in [6, 6.07) is 0.